The summed E-state index contributed by atoms with van der Waals surface area (Å²) < 4.78 is 11.2. The number of hydrogen-bond donors (Lipinski definition) is 1. The van der Waals surface area contributed by atoms with E-state index in [-0.39, 0.29) is 5.91 Å². The first-order valence-corrected chi connectivity index (χ1v) is 7.12. The number of nitrogens with two attached hydrogens (primary N) is 1. The summed E-state index contributed by atoms with van der Waals surface area (Å²) in [5, 5.41) is 0. The first-order valence-electron chi connectivity index (χ1n) is 5.63. The van der Waals surface area contributed by atoms with Gasteiger partial charge < -0.3 is 10.6 Å². The van der Waals surface area contributed by atoms with Crippen molar-refractivity contribution in [1.29, 1.82) is 0 Å². The molecule has 0 bridgehead atoms. The highest BCUT2D eigenvalue weighted by Gasteiger charge is 2.20. The zero-order chi connectivity index (χ0) is 12.3. The Kier molecular flexibility index (Phi) is 3.78. The van der Waals surface area contributed by atoms with Gasteiger partial charge in [-0.2, -0.15) is 0 Å². The van der Waals surface area contributed by atoms with E-state index in [2.05, 4.69) is 0 Å². The summed E-state index contributed by atoms with van der Waals surface area (Å²) in [4.78, 5) is 13.8. The molecule has 0 spiro atoms. The Labute approximate surface area is 103 Å². The van der Waals surface area contributed by atoms with Crippen LogP contribution in [0.2, 0.25) is 0 Å². The van der Waals surface area contributed by atoms with E-state index in [0.717, 1.165) is 5.56 Å². The van der Waals surface area contributed by atoms with Crippen molar-refractivity contribution in [3.63, 3.8) is 0 Å². The molecule has 1 fully saturated rings. The molecule has 1 aliphatic heterocycles. The number of nitrogen functional groups attached to an aromatic ring is 1. The van der Waals surface area contributed by atoms with Crippen LogP contribution in [0, 0.1) is 0 Å². The van der Waals surface area contributed by atoms with Gasteiger partial charge in [-0.3, -0.25) is 9.00 Å². The Morgan fingerprint density at radius 1 is 1.29 bits per heavy atom. The van der Waals surface area contributed by atoms with E-state index in [4.69, 9.17) is 5.73 Å². The third-order valence-corrected chi connectivity index (χ3v) is 4.20. The first kappa shape index (κ1) is 12.1. The molecule has 1 aliphatic rings. The number of hydrogen-bond acceptors (Lipinski definition) is 3. The van der Waals surface area contributed by atoms with Gasteiger partial charge in [0.05, 0.1) is 6.42 Å². The second-order valence-electron chi connectivity index (χ2n) is 4.10. The highest BCUT2D eigenvalue weighted by Crippen LogP contribution is 2.13. The average Bonchev–Trinajstić information content (AvgIpc) is 2.33. The first-order chi connectivity index (χ1) is 8.16. The van der Waals surface area contributed by atoms with Gasteiger partial charge in [0.2, 0.25) is 5.91 Å². The lowest BCUT2D eigenvalue weighted by molar-refractivity contribution is -0.130. The SMILES string of the molecule is Nc1ccccc1CC(=O)N1CCS(=O)CC1. The number of benzene rings is 1. The van der Waals surface area contributed by atoms with Crippen molar-refractivity contribution in [2.45, 2.75) is 6.42 Å². The molecule has 1 aromatic carbocycles. The minimum Gasteiger partial charge on any atom is -0.398 e. The predicted octanol–water partition coefficient (Wildman–Crippen LogP) is 0.402. The molecule has 92 valence electrons. The number of carbonyl (C=O) groups excluding carboxylic acids is 1. The van der Waals surface area contributed by atoms with Crippen LogP contribution in [0.25, 0.3) is 0 Å². The number of anilines is 1. The topological polar surface area (TPSA) is 63.4 Å². The van der Waals surface area contributed by atoms with E-state index < -0.39 is 10.8 Å². The van der Waals surface area contributed by atoms with Gasteiger partial charge >= 0.3 is 0 Å². The van der Waals surface area contributed by atoms with Gasteiger partial charge in [-0.15, -0.1) is 0 Å². The van der Waals surface area contributed by atoms with Crippen molar-refractivity contribution in [2.24, 2.45) is 0 Å². The van der Waals surface area contributed by atoms with Crippen molar-refractivity contribution >= 4 is 22.4 Å². The molecule has 1 saturated heterocycles. The molecule has 2 N–H and O–H groups in total. The summed E-state index contributed by atoms with van der Waals surface area (Å²) in [5.74, 6) is 1.26. The highest BCUT2D eigenvalue weighted by molar-refractivity contribution is 7.85. The van der Waals surface area contributed by atoms with Gasteiger partial charge in [0.1, 0.15) is 0 Å². The molecular formula is C12H16N2O2S. The lowest BCUT2D eigenvalue weighted by Gasteiger charge is -2.26. The molecule has 5 heteroatoms. The Morgan fingerprint density at radius 2 is 1.94 bits per heavy atom. The lowest BCUT2D eigenvalue weighted by Crippen LogP contribution is -2.42. The maximum Gasteiger partial charge on any atom is 0.227 e. The molecule has 0 radical (unpaired) electrons. The Balaban J connectivity index is 1.98. The largest absolute Gasteiger partial charge is 0.398 e. The second kappa shape index (κ2) is 5.31. The van der Waals surface area contributed by atoms with Crippen molar-refractivity contribution in [1.82, 2.24) is 4.90 Å². The molecule has 17 heavy (non-hydrogen) atoms. The van der Waals surface area contributed by atoms with Gasteiger partial charge in [0.25, 0.3) is 0 Å². The summed E-state index contributed by atoms with van der Waals surface area (Å²) >= 11 is 0. The summed E-state index contributed by atoms with van der Waals surface area (Å²) in [6, 6.07) is 7.40. The van der Waals surface area contributed by atoms with Crippen molar-refractivity contribution in [2.75, 3.05) is 30.3 Å². The quantitative estimate of drug-likeness (QED) is 0.775. The maximum absolute atomic E-state index is 12.0. The minimum absolute atomic E-state index is 0.0691. The van der Waals surface area contributed by atoms with E-state index in [0.29, 0.717) is 36.7 Å². The molecule has 0 unspecified atom stereocenters. The fourth-order valence-corrected chi connectivity index (χ4v) is 2.91. The molecule has 1 aromatic rings. The molecule has 0 aliphatic carbocycles. The standard InChI is InChI=1S/C12H16N2O2S/c13-11-4-2-1-3-10(11)9-12(15)14-5-7-17(16)8-6-14/h1-4H,5-9,13H2. The summed E-state index contributed by atoms with van der Waals surface area (Å²) in [7, 11) is -0.747. The van der Waals surface area contributed by atoms with Crippen molar-refractivity contribution in [3.8, 4) is 0 Å². The second-order valence-corrected chi connectivity index (χ2v) is 5.80. The third kappa shape index (κ3) is 3.06. The highest BCUT2D eigenvalue weighted by atomic mass is 32.2. The van der Waals surface area contributed by atoms with Crippen LogP contribution in [0.1, 0.15) is 5.56 Å². The van der Waals surface area contributed by atoms with Crippen LogP contribution in [-0.2, 0) is 22.0 Å². The Bertz CT molecular complexity index is 438. The van der Waals surface area contributed by atoms with E-state index in [1.807, 2.05) is 18.2 Å². The van der Waals surface area contributed by atoms with E-state index in [9.17, 15) is 9.00 Å². The predicted molar refractivity (Wildman–Crippen MR) is 69.0 cm³/mol. The van der Waals surface area contributed by atoms with Crippen LogP contribution < -0.4 is 5.73 Å². The normalized spacial score (nSPS) is 17.1. The maximum atomic E-state index is 12.0. The summed E-state index contributed by atoms with van der Waals surface area (Å²) in [5.41, 5.74) is 7.32. The molecule has 0 aromatic heterocycles. The Morgan fingerprint density at radius 3 is 2.59 bits per heavy atom. The van der Waals surface area contributed by atoms with Gasteiger partial charge in [0.15, 0.2) is 0 Å². The van der Waals surface area contributed by atoms with Crippen LogP contribution in [0.15, 0.2) is 24.3 Å². The molecule has 0 atom stereocenters. The molecule has 1 heterocycles. The van der Waals surface area contributed by atoms with Gasteiger partial charge in [-0.25, -0.2) is 0 Å². The minimum atomic E-state index is -0.747. The van der Waals surface area contributed by atoms with Gasteiger partial charge in [0, 0.05) is 41.1 Å². The summed E-state index contributed by atoms with van der Waals surface area (Å²) in [6.45, 7) is 1.19. The molecular weight excluding hydrogens is 236 g/mol. The zero-order valence-electron chi connectivity index (χ0n) is 9.59. The van der Waals surface area contributed by atoms with Crippen LogP contribution in [-0.4, -0.2) is 39.6 Å². The number of rotatable bonds is 2. The smallest absolute Gasteiger partial charge is 0.227 e. The van der Waals surface area contributed by atoms with Gasteiger partial charge in [-0.05, 0) is 11.6 Å². The van der Waals surface area contributed by atoms with Crippen LogP contribution >= 0.6 is 0 Å². The monoisotopic (exact) mass is 252 g/mol. The third-order valence-electron chi connectivity index (χ3n) is 2.93. The number of amides is 1. The van der Waals surface area contributed by atoms with Crippen molar-refractivity contribution < 1.29 is 9.00 Å². The molecule has 1 amide bonds. The fourth-order valence-electron chi connectivity index (χ4n) is 1.86. The van der Waals surface area contributed by atoms with Crippen LogP contribution in [0.5, 0.6) is 0 Å². The molecule has 4 nitrogen and oxygen atoms in total. The number of nitrogens with zero attached hydrogens (tertiary/aromatic N) is 1. The van der Waals surface area contributed by atoms with Gasteiger partial charge in [-0.1, -0.05) is 18.2 Å². The van der Waals surface area contributed by atoms with E-state index in [1.165, 1.54) is 0 Å². The van der Waals surface area contributed by atoms with Crippen LogP contribution in [0.4, 0.5) is 5.69 Å². The average molecular weight is 252 g/mol. The van der Waals surface area contributed by atoms with Crippen LogP contribution in [0.3, 0.4) is 0 Å². The zero-order valence-corrected chi connectivity index (χ0v) is 10.4. The molecule has 2 rings (SSSR count). The summed E-state index contributed by atoms with van der Waals surface area (Å²) in [6.07, 6.45) is 0.333. The lowest BCUT2D eigenvalue weighted by atomic mass is 10.1. The number of carbonyl (C=O) groups is 1. The van der Waals surface area contributed by atoms with E-state index >= 15 is 0 Å². The fraction of sp³-hybridized carbons (Fsp3) is 0.417. The van der Waals surface area contributed by atoms with E-state index in [1.54, 1.807) is 11.0 Å². The molecule has 0 saturated carbocycles. The Hall–Kier alpha value is -1.36. The van der Waals surface area contributed by atoms with Crippen molar-refractivity contribution in [3.05, 3.63) is 29.8 Å². The number of para-hydroxylation sites is 1.